The Balaban J connectivity index is 1.35. The number of aromatic nitrogens is 4. The van der Waals surface area contributed by atoms with Crippen LogP contribution in [0.25, 0.3) is 0 Å². The number of fused-ring (bicyclic) bond motifs is 1. The zero-order valence-corrected chi connectivity index (χ0v) is 18.1. The number of piperidine rings is 1. The largest absolute Gasteiger partial charge is 0.332 e. The summed E-state index contributed by atoms with van der Waals surface area (Å²) >= 11 is 0. The number of H-pyrrole nitrogens is 1. The van der Waals surface area contributed by atoms with Gasteiger partial charge in [0.15, 0.2) is 0 Å². The topological polar surface area (TPSA) is 87.1 Å². The zero-order valence-electron chi connectivity index (χ0n) is 18.1. The first-order chi connectivity index (χ1) is 15.2. The Labute approximate surface area is 182 Å². The Bertz CT molecular complexity index is 963. The predicted octanol–water partition coefficient (Wildman–Crippen LogP) is 2.41. The minimum absolute atomic E-state index is 0.0133. The average Bonchev–Trinajstić information content (AvgIpc) is 3.51. The quantitative estimate of drug-likeness (QED) is 0.797. The zero-order chi connectivity index (χ0) is 21.2. The van der Waals surface area contributed by atoms with Gasteiger partial charge in [-0.15, -0.1) is 0 Å². The SMILES string of the molecule is O=C(CCn1cccn1)N1CCCC[C@@H]1c1nc2c(c(=O)[nH]1)CCN(C1CCCC1)C2. The number of hydrogen-bond acceptors (Lipinski definition) is 5. The summed E-state index contributed by atoms with van der Waals surface area (Å²) in [5.41, 5.74) is 1.75. The van der Waals surface area contributed by atoms with Crippen molar-refractivity contribution >= 4 is 5.91 Å². The Morgan fingerprint density at radius 2 is 1.97 bits per heavy atom. The number of carbonyl (C=O) groups is 1. The van der Waals surface area contributed by atoms with Crippen molar-refractivity contribution in [2.24, 2.45) is 0 Å². The first-order valence-electron chi connectivity index (χ1n) is 11.8. The van der Waals surface area contributed by atoms with E-state index < -0.39 is 0 Å². The molecule has 0 spiro atoms. The molecule has 1 amide bonds. The molecule has 0 aromatic carbocycles. The monoisotopic (exact) mass is 424 g/mol. The molecule has 0 bridgehead atoms. The van der Waals surface area contributed by atoms with Gasteiger partial charge in [-0.2, -0.15) is 5.10 Å². The lowest BCUT2D eigenvalue weighted by molar-refractivity contribution is -0.135. The van der Waals surface area contributed by atoms with Crippen molar-refractivity contribution < 1.29 is 4.79 Å². The standard InChI is InChI=1S/C23H32N6O2/c30-21(10-15-28-12-5-11-24-28)29-13-4-3-8-20(29)22-25-19-16-27(17-6-1-2-7-17)14-9-18(19)23(31)26-22/h5,11-12,17,20H,1-4,6-10,13-16H2,(H,25,26,31)/t20-/m1/s1. The van der Waals surface area contributed by atoms with E-state index in [-0.39, 0.29) is 17.5 Å². The third-order valence-electron chi connectivity index (χ3n) is 7.22. The number of aryl methyl sites for hydroxylation is 1. The van der Waals surface area contributed by atoms with Gasteiger partial charge in [0.2, 0.25) is 5.91 Å². The first kappa shape index (κ1) is 20.4. The van der Waals surface area contributed by atoms with Gasteiger partial charge < -0.3 is 9.88 Å². The van der Waals surface area contributed by atoms with E-state index in [1.165, 1.54) is 25.7 Å². The highest BCUT2D eigenvalue weighted by Gasteiger charge is 2.32. The second-order valence-electron chi connectivity index (χ2n) is 9.15. The van der Waals surface area contributed by atoms with Crippen LogP contribution in [-0.4, -0.2) is 54.6 Å². The number of hydrogen-bond donors (Lipinski definition) is 1. The number of amides is 1. The van der Waals surface area contributed by atoms with Gasteiger partial charge in [0.05, 0.1) is 11.7 Å². The molecule has 0 unspecified atom stereocenters. The minimum atomic E-state index is -0.140. The van der Waals surface area contributed by atoms with Gasteiger partial charge in [-0.25, -0.2) is 4.98 Å². The van der Waals surface area contributed by atoms with E-state index in [2.05, 4.69) is 15.0 Å². The van der Waals surface area contributed by atoms with Crippen LogP contribution in [-0.2, 0) is 24.3 Å². The molecule has 4 heterocycles. The van der Waals surface area contributed by atoms with Crippen LogP contribution in [0, 0.1) is 0 Å². The van der Waals surface area contributed by atoms with Gasteiger partial charge in [-0.1, -0.05) is 12.8 Å². The van der Waals surface area contributed by atoms with Crippen LogP contribution >= 0.6 is 0 Å². The fourth-order valence-electron chi connectivity index (χ4n) is 5.52. The molecule has 1 saturated carbocycles. The Kier molecular flexibility index (Phi) is 5.89. The molecule has 166 valence electrons. The summed E-state index contributed by atoms with van der Waals surface area (Å²) in [7, 11) is 0. The molecule has 5 rings (SSSR count). The molecule has 1 saturated heterocycles. The number of likely N-dealkylation sites (tertiary alicyclic amines) is 1. The molecule has 2 fully saturated rings. The summed E-state index contributed by atoms with van der Waals surface area (Å²) in [5.74, 6) is 0.775. The van der Waals surface area contributed by atoms with E-state index in [4.69, 9.17) is 4.98 Å². The molecule has 1 aliphatic carbocycles. The molecular weight excluding hydrogens is 392 g/mol. The molecule has 0 radical (unpaired) electrons. The molecule has 2 aliphatic heterocycles. The molecule has 1 N–H and O–H groups in total. The van der Waals surface area contributed by atoms with Gasteiger partial charge in [-0.3, -0.25) is 19.2 Å². The summed E-state index contributed by atoms with van der Waals surface area (Å²) in [5, 5.41) is 4.19. The molecular formula is C23H32N6O2. The highest BCUT2D eigenvalue weighted by molar-refractivity contribution is 5.76. The lowest BCUT2D eigenvalue weighted by Crippen LogP contribution is -2.43. The first-order valence-corrected chi connectivity index (χ1v) is 11.8. The molecule has 2 aromatic rings. The normalized spacial score (nSPS) is 22.6. The summed E-state index contributed by atoms with van der Waals surface area (Å²) in [6.45, 7) is 3.00. The van der Waals surface area contributed by atoms with Crippen LogP contribution in [0.4, 0.5) is 0 Å². The van der Waals surface area contributed by atoms with Crippen molar-refractivity contribution in [3.05, 3.63) is 45.9 Å². The predicted molar refractivity (Wildman–Crippen MR) is 116 cm³/mol. The van der Waals surface area contributed by atoms with Crippen molar-refractivity contribution in [2.45, 2.75) is 83.0 Å². The van der Waals surface area contributed by atoms with Crippen molar-refractivity contribution in [3.8, 4) is 0 Å². The van der Waals surface area contributed by atoms with Crippen molar-refractivity contribution in [2.75, 3.05) is 13.1 Å². The lowest BCUT2D eigenvalue weighted by Gasteiger charge is -2.36. The van der Waals surface area contributed by atoms with Crippen LogP contribution < -0.4 is 5.56 Å². The van der Waals surface area contributed by atoms with E-state index in [1.807, 2.05) is 17.2 Å². The third kappa shape index (κ3) is 4.31. The van der Waals surface area contributed by atoms with Crippen molar-refractivity contribution in [1.82, 2.24) is 29.5 Å². The summed E-state index contributed by atoms with van der Waals surface area (Å²) in [6.07, 6.45) is 12.8. The van der Waals surface area contributed by atoms with Gasteiger partial charge in [-0.05, 0) is 44.6 Å². The minimum Gasteiger partial charge on any atom is -0.332 e. The molecule has 8 heteroatoms. The third-order valence-corrected chi connectivity index (χ3v) is 7.22. The van der Waals surface area contributed by atoms with Gasteiger partial charge >= 0.3 is 0 Å². The summed E-state index contributed by atoms with van der Waals surface area (Å²) in [6, 6.07) is 2.36. The number of nitrogens with one attached hydrogen (secondary N) is 1. The molecule has 3 aliphatic rings. The number of nitrogens with zero attached hydrogens (tertiary/aromatic N) is 5. The highest BCUT2D eigenvalue weighted by atomic mass is 16.2. The van der Waals surface area contributed by atoms with Crippen LogP contribution in [0.2, 0.25) is 0 Å². The van der Waals surface area contributed by atoms with Crippen molar-refractivity contribution in [1.29, 1.82) is 0 Å². The summed E-state index contributed by atoms with van der Waals surface area (Å²) < 4.78 is 1.79. The second-order valence-corrected chi connectivity index (χ2v) is 9.15. The van der Waals surface area contributed by atoms with Gasteiger partial charge in [0.25, 0.3) is 5.56 Å². The van der Waals surface area contributed by atoms with Crippen LogP contribution in [0.15, 0.2) is 23.3 Å². The van der Waals surface area contributed by atoms with E-state index in [0.717, 1.165) is 56.6 Å². The maximum atomic E-state index is 13.0. The van der Waals surface area contributed by atoms with E-state index >= 15 is 0 Å². The smallest absolute Gasteiger partial charge is 0.254 e. The fraction of sp³-hybridized carbons (Fsp3) is 0.652. The Morgan fingerprint density at radius 1 is 1.13 bits per heavy atom. The van der Waals surface area contributed by atoms with Crippen LogP contribution in [0.1, 0.15) is 74.5 Å². The van der Waals surface area contributed by atoms with Gasteiger partial charge in [0.1, 0.15) is 5.82 Å². The van der Waals surface area contributed by atoms with E-state index in [9.17, 15) is 9.59 Å². The van der Waals surface area contributed by atoms with Gasteiger partial charge in [0, 0.05) is 56.6 Å². The Hall–Kier alpha value is -2.48. The number of rotatable bonds is 5. The molecule has 31 heavy (non-hydrogen) atoms. The number of carbonyl (C=O) groups excluding carboxylic acids is 1. The van der Waals surface area contributed by atoms with E-state index in [1.54, 1.807) is 10.9 Å². The molecule has 2 aromatic heterocycles. The van der Waals surface area contributed by atoms with Crippen molar-refractivity contribution in [3.63, 3.8) is 0 Å². The number of aromatic amines is 1. The fourth-order valence-corrected chi connectivity index (χ4v) is 5.52. The second kappa shape index (κ2) is 8.94. The summed E-state index contributed by atoms with van der Waals surface area (Å²) in [4.78, 5) is 38.4. The maximum absolute atomic E-state index is 13.0. The molecule has 1 atom stereocenters. The lowest BCUT2D eigenvalue weighted by atomic mass is 9.99. The van der Waals surface area contributed by atoms with Crippen LogP contribution in [0.3, 0.4) is 0 Å². The maximum Gasteiger partial charge on any atom is 0.254 e. The molecule has 8 nitrogen and oxygen atoms in total. The highest BCUT2D eigenvalue weighted by Crippen LogP contribution is 2.31. The Morgan fingerprint density at radius 3 is 2.77 bits per heavy atom. The van der Waals surface area contributed by atoms with E-state index in [0.29, 0.717) is 24.8 Å². The van der Waals surface area contributed by atoms with Crippen LogP contribution in [0.5, 0.6) is 0 Å². The average molecular weight is 425 g/mol.